The van der Waals surface area contributed by atoms with Crippen LogP contribution < -0.4 is 11.1 Å². The van der Waals surface area contributed by atoms with Gasteiger partial charge in [0.25, 0.3) is 0 Å². The second-order valence-corrected chi connectivity index (χ2v) is 8.95. The third kappa shape index (κ3) is 4.45. The molecule has 1 aliphatic heterocycles. The number of hydrogen-bond donors (Lipinski definition) is 2. The minimum absolute atomic E-state index is 0.0616. The largest absolute Gasteiger partial charge is 0.417 e. The summed E-state index contributed by atoms with van der Waals surface area (Å²) in [6.45, 7) is 3.79. The maximum Gasteiger partial charge on any atom is 0.417 e. The van der Waals surface area contributed by atoms with Crippen LogP contribution in [0.5, 0.6) is 0 Å². The minimum atomic E-state index is -4.68. The van der Waals surface area contributed by atoms with Gasteiger partial charge in [-0.1, -0.05) is 11.6 Å². The first-order chi connectivity index (χ1) is 16.3. The monoisotopic (exact) mass is 513 g/mol. The molecule has 12 heteroatoms. The van der Waals surface area contributed by atoms with E-state index in [1.54, 1.807) is 23.3 Å². The Kier molecular flexibility index (Phi) is 6.26. The minimum Gasteiger partial charge on any atom is -0.340 e. The first-order valence-corrected chi connectivity index (χ1v) is 10.9. The van der Waals surface area contributed by atoms with Gasteiger partial charge in [-0.05, 0) is 50.2 Å². The Morgan fingerprint density at radius 1 is 1.14 bits per heavy atom. The smallest absolute Gasteiger partial charge is 0.340 e. The maximum absolute atomic E-state index is 14.1. The molecule has 2 heterocycles. The average molecular weight is 514 g/mol. The van der Waals surface area contributed by atoms with Gasteiger partial charge in [0.05, 0.1) is 22.7 Å². The Labute approximate surface area is 202 Å². The first kappa shape index (κ1) is 24.9. The number of nitrogens with one attached hydrogen (secondary N) is 1. The molecular formula is C23H21ClF5N5O. The number of halogens is 6. The predicted molar refractivity (Wildman–Crippen MR) is 121 cm³/mol. The number of imidazole rings is 1. The lowest BCUT2D eigenvalue weighted by Gasteiger charge is -2.42. The van der Waals surface area contributed by atoms with E-state index in [0.29, 0.717) is 5.82 Å². The van der Waals surface area contributed by atoms with Crippen LogP contribution in [-0.2, 0) is 23.1 Å². The van der Waals surface area contributed by atoms with Gasteiger partial charge in [0.15, 0.2) is 11.6 Å². The van der Waals surface area contributed by atoms with Crippen molar-refractivity contribution in [3.8, 4) is 11.3 Å². The van der Waals surface area contributed by atoms with E-state index in [1.165, 1.54) is 12.1 Å². The Bertz CT molecular complexity index is 1300. The van der Waals surface area contributed by atoms with Gasteiger partial charge in [-0.2, -0.15) is 13.2 Å². The number of alkyl halides is 3. The van der Waals surface area contributed by atoms with E-state index < -0.39 is 33.9 Å². The van der Waals surface area contributed by atoms with Gasteiger partial charge in [-0.3, -0.25) is 4.79 Å². The van der Waals surface area contributed by atoms with E-state index in [-0.39, 0.29) is 48.3 Å². The van der Waals surface area contributed by atoms with Gasteiger partial charge in [0, 0.05) is 24.3 Å². The van der Waals surface area contributed by atoms with E-state index in [0.717, 1.165) is 24.3 Å². The number of hydrogen-bond acceptors (Lipinski definition) is 4. The Morgan fingerprint density at radius 2 is 1.86 bits per heavy atom. The molecular weight excluding hydrogens is 493 g/mol. The highest BCUT2D eigenvalue weighted by Gasteiger charge is 2.41. The molecule has 0 saturated carbocycles. The quantitative estimate of drug-likeness (QED) is 0.465. The number of fused-ring (bicyclic) bond motifs is 1. The predicted octanol–water partition coefficient (Wildman–Crippen LogP) is 5.28. The zero-order valence-corrected chi connectivity index (χ0v) is 19.4. The number of aromatic nitrogens is 2. The average Bonchev–Trinajstić information content (AvgIpc) is 3.15. The van der Waals surface area contributed by atoms with Crippen molar-refractivity contribution in [2.45, 2.75) is 32.1 Å². The van der Waals surface area contributed by atoms with Crippen molar-refractivity contribution in [1.82, 2.24) is 14.5 Å². The molecule has 3 N–H and O–H groups in total. The molecule has 0 atom stereocenters. The van der Waals surface area contributed by atoms with Gasteiger partial charge in [0.2, 0.25) is 5.91 Å². The fourth-order valence-electron chi connectivity index (χ4n) is 4.21. The van der Waals surface area contributed by atoms with E-state index in [2.05, 4.69) is 10.3 Å². The second-order valence-electron chi connectivity index (χ2n) is 8.54. The highest BCUT2D eigenvalue weighted by Crippen LogP contribution is 2.41. The van der Waals surface area contributed by atoms with E-state index in [4.69, 9.17) is 17.3 Å². The Hall–Kier alpha value is -3.18. The molecule has 3 aromatic rings. The van der Waals surface area contributed by atoms with Gasteiger partial charge >= 0.3 is 6.18 Å². The summed E-state index contributed by atoms with van der Waals surface area (Å²) in [5, 5.41) is 2.48. The first-order valence-electron chi connectivity index (χ1n) is 10.5. The van der Waals surface area contributed by atoms with Gasteiger partial charge in [-0.25, -0.2) is 13.8 Å². The summed E-state index contributed by atoms with van der Waals surface area (Å²) in [5.74, 6) is -1.81. The standard InChI is InChI=1S/C23H21ClF5N5O/c1-22(2)21-32-19(12-3-6-16(25)17(26)9-12)20(33(21)7-8-34(22)18(35)11-30)31-13-4-5-15(24)14(10-13)23(27,28)29/h3-6,9-10,31H,7-8,11,30H2,1-2H3. The van der Waals surface area contributed by atoms with Crippen LogP contribution in [0.1, 0.15) is 25.2 Å². The van der Waals surface area contributed by atoms with Crippen LogP contribution >= 0.6 is 11.6 Å². The fraction of sp³-hybridized carbons (Fsp3) is 0.304. The van der Waals surface area contributed by atoms with Crippen LogP contribution in [-0.4, -0.2) is 33.4 Å². The summed E-state index contributed by atoms with van der Waals surface area (Å²) in [4.78, 5) is 18.6. The highest BCUT2D eigenvalue weighted by molar-refractivity contribution is 6.31. The molecule has 0 saturated heterocycles. The van der Waals surface area contributed by atoms with Crippen molar-refractivity contribution in [2.24, 2.45) is 5.73 Å². The van der Waals surface area contributed by atoms with Crippen LogP contribution in [0.2, 0.25) is 5.02 Å². The molecule has 186 valence electrons. The van der Waals surface area contributed by atoms with Gasteiger partial charge in [-0.15, -0.1) is 0 Å². The van der Waals surface area contributed by atoms with Crippen LogP contribution in [0.4, 0.5) is 33.5 Å². The summed E-state index contributed by atoms with van der Waals surface area (Å²) in [7, 11) is 0. The molecule has 1 aliphatic rings. The third-order valence-electron chi connectivity index (χ3n) is 5.94. The zero-order chi connectivity index (χ0) is 25.7. The summed E-state index contributed by atoms with van der Waals surface area (Å²) >= 11 is 5.74. The molecule has 0 radical (unpaired) electrons. The van der Waals surface area contributed by atoms with E-state index in [1.807, 2.05) is 0 Å². The molecule has 4 rings (SSSR count). The zero-order valence-electron chi connectivity index (χ0n) is 18.7. The summed E-state index contributed by atoms with van der Waals surface area (Å²) < 4.78 is 69.6. The van der Waals surface area contributed by atoms with Crippen LogP contribution in [0.3, 0.4) is 0 Å². The molecule has 2 aromatic carbocycles. The third-order valence-corrected chi connectivity index (χ3v) is 6.27. The second kappa shape index (κ2) is 8.80. The van der Waals surface area contributed by atoms with Crippen LogP contribution in [0.15, 0.2) is 36.4 Å². The Balaban J connectivity index is 1.89. The molecule has 1 amide bonds. The van der Waals surface area contributed by atoms with Crippen molar-refractivity contribution in [2.75, 3.05) is 18.4 Å². The number of nitrogens with zero attached hydrogens (tertiary/aromatic N) is 3. The molecule has 0 bridgehead atoms. The number of amides is 1. The number of carbonyl (C=O) groups is 1. The molecule has 6 nitrogen and oxygen atoms in total. The highest BCUT2D eigenvalue weighted by atomic mass is 35.5. The number of rotatable bonds is 4. The molecule has 1 aromatic heterocycles. The molecule has 0 aliphatic carbocycles. The van der Waals surface area contributed by atoms with Crippen molar-refractivity contribution in [3.05, 3.63) is 64.4 Å². The summed E-state index contributed by atoms with van der Waals surface area (Å²) in [5.41, 5.74) is 4.02. The van der Waals surface area contributed by atoms with Gasteiger partial charge in [0.1, 0.15) is 17.3 Å². The topological polar surface area (TPSA) is 76.2 Å². The number of anilines is 2. The van der Waals surface area contributed by atoms with Crippen molar-refractivity contribution < 1.29 is 26.7 Å². The lowest BCUT2D eigenvalue weighted by Crippen LogP contribution is -2.53. The van der Waals surface area contributed by atoms with E-state index in [9.17, 15) is 26.7 Å². The molecule has 0 fully saturated rings. The number of carbonyl (C=O) groups excluding carboxylic acids is 1. The summed E-state index contributed by atoms with van der Waals surface area (Å²) in [6, 6.07) is 6.54. The molecule has 0 unspecified atom stereocenters. The fourth-order valence-corrected chi connectivity index (χ4v) is 4.44. The number of nitrogens with two attached hydrogens (primary N) is 1. The lowest BCUT2D eigenvalue weighted by atomic mass is 9.99. The van der Waals surface area contributed by atoms with Crippen molar-refractivity contribution >= 4 is 29.0 Å². The van der Waals surface area contributed by atoms with Crippen LogP contribution in [0, 0.1) is 11.6 Å². The van der Waals surface area contributed by atoms with Crippen LogP contribution in [0.25, 0.3) is 11.3 Å². The Morgan fingerprint density at radius 3 is 2.49 bits per heavy atom. The van der Waals surface area contributed by atoms with E-state index >= 15 is 0 Å². The normalized spacial score (nSPS) is 15.2. The van der Waals surface area contributed by atoms with Gasteiger partial charge < -0.3 is 20.5 Å². The maximum atomic E-state index is 14.1. The molecule has 35 heavy (non-hydrogen) atoms. The lowest BCUT2D eigenvalue weighted by molar-refractivity contribution is -0.138. The molecule has 0 spiro atoms. The van der Waals surface area contributed by atoms with Crippen molar-refractivity contribution in [1.29, 1.82) is 0 Å². The summed E-state index contributed by atoms with van der Waals surface area (Å²) in [6.07, 6.45) is -4.68. The SMILES string of the molecule is CC1(C)c2nc(-c3ccc(F)c(F)c3)c(Nc3ccc(Cl)c(C(F)(F)F)c3)n2CCN1C(=O)CN. The van der Waals surface area contributed by atoms with Crippen molar-refractivity contribution in [3.63, 3.8) is 0 Å². The number of benzene rings is 2.